The van der Waals surface area contributed by atoms with Gasteiger partial charge in [-0.3, -0.25) is 14.4 Å². The van der Waals surface area contributed by atoms with E-state index in [1.807, 2.05) is 12.1 Å². The van der Waals surface area contributed by atoms with Gasteiger partial charge in [-0.05, 0) is 60.6 Å². The molecule has 13 heteroatoms. The van der Waals surface area contributed by atoms with Crippen LogP contribution < -0.4 is 30.3 Å². The predicted octanol–water partition coefficient (Wildman–Crippen LogP) is 3.20. The summed E-state index contributed by atoms with van der Waals surface area (Å²) in [5.74, 6) is 0.427. The van der Waals surface area contributed by atoms with Gasteiger partial charge in [-0.25, -0.2) is 0 Å². The quantitative estimate of drug-likeness (QED) is 0.148. The number of rotatable bonds is 14. The highest BCUT2D eigenvalue weighted by atomic mass is 16.9. The Morgan fingerprint density at radius 2 is 1.76 bits per heavy atom. The van der Waals surface area contributed by atoms with E-state index in [1.54, 1.807) is 13.1 Å². The van der Waals surface area contributed by atoms with Crippen LogP contribution in [0.3, 0.4) is 0 Å². The molecule has 13 nitrogen and oxygen atoms in total. The minimum Gasteiger partial charge on any atom is -0.493 e. The second-order valence-corrected chi connectivity index (χ2v) is 9.20. The molecule has 2 aromatic carbocycles. The van der Waals surface area contributed by atoms with Gasteiger partial charge in [0, 0.05) is 19.0 Å². The average molecular weight is 574 g/mol. The average Bonchev–Trinajstić information content (AvgIpc) is 3.20. The third-order valence-electron chi connectivity index (χ3n) is 6.70. The number of carbonyl (C=O) groups is 2. The van der Waals surface area contributed by atoms with E-state index < -0.39 is 17.1 Å². The number of methoxy groups -OCH3 is 3. The van der Waals surface area contributed by atoms with Crippen molar-refractivity contribution in [2.45, 2.75) is 44.6 Å². The van der Waals surface area contributed by atoms with Gasteiger partial charge in [-0.2, -0.15) is 0 Å². The summed E-state index contributed by atoms with van der Waals surface area (Å²) >= 11 is 0. The summed E-state index contributed by atoms with van der Waals surface area (Å²) < 4.78 is 22.0. The number of hydrogen-bond acceptors (Lipinski definition) is 11. The van der Waals surface area contributed by atoms with Crippen molar-refractivity contribution in [3.63, 3.8) is 0 Å². The van der Waals surface area contributed by atoms with Gasteiger partial charge in [-0.15, -0.1) is 10.1 Å². The van der Waals surface area contributed by atoms with E-state index in [9.17, 15) is 24.5 Å². The van der Waals surface area contributed by atoms with Crippen LogP contribution in [0.25, 0.3) is 11.1 Å². The molecule has 1 amide bonds. The maximum atomic E-state index is 13.0. The van der Waals surface area contributed by atoms with Crippen molar-refractivity contribution in [2.75, 3.05) is 46.9 Å². The molecule has 3 rings (SSSR count). The van der Waals surface area contributed by atoms with Gasteiger partial charge in [0.1, 0.15) is 0 Å². The third kappa shape index (κ3) is 7.77. The number of anilines is 1. The standard InChI is InChI=1S/C28H35N3O10/c1-29-21-10-8-18-19(16-22(21)32)20(9-7-17-15-23(37-2)27(38-3)28(39-4)26(17)18)30-24(33)11-12-25(34)40-13-5-6-14-41-31(35)36/h8,10,15-16,20H,5-7,9,11-14H2,1-4H3,(H,29,32)(H,30,33)/t20-/m0/s1. The zero-order valence-electron chi connectivity index (χ0n) is 23.6. The van der Waals surface area contributed by atoms with Crippen molar-refractivity contribution in [1.29, 1.82) is 0 Å². The second kappa shape index (κ2) is 14.7. The van der Waals surface area contributed by atoms with Gasteiger partial charge in [0.2, 0.25) is 17.1 Å². The molecule has 0 aliphatic heterocycles. The molecule has 0 fully saturated rings. The molecule has 2 aromatic rings. The van der Waals surface area contributed by atoms with Crippen LogP contribution in [0.4, 0.5) is 5.69 Å². The van der Waals surface area contributed by atoms with E-state index in [1.165, 1.54) is 27.4 Å². The topological polar surface area (TPSA) is 165 Å². The van der Waals surface area contributed by atoms with Crippen LogP contribution in [0.1, 0.15) is 49.3 Å². The van der Waals surface area contributed by atoms with Gasteiger partial charge < -0.3 is 34.4 Å². The number of nitrogens with zero attached hydrogens (tertiary/aromatic N) is 1. The third-order valence-corrected chi connectivity index (χ3v) is 6.70. The molecule has 0 heterocycles. The van der Waals surface area contributed by atoms with Crippen LogP contribution in [-0.2, 0) is 25.6 Å². The Kier molecular flexibility index (Phi) is 11.1. The maximum Gasteiger partial charge on any atom is 0.306 e. The summed E-state index contributed by atoms with van der Waals surface area (Å²) in [5.41, 5.74) is 3.07. The molecule has 0 saturated carbocycles. The molecule has 0 unspecified atom stereocenters. The lowest BCUT2D eigenvalue weighted by atomic mass is 9.95. The molecular weight excluding hydrogens is 538 g/mol. The van der Waals surface area contributed by atoms with Gasteiger partial charge in [0.05, 0.1) is 52.7 Å². The second-order valence-electron chi connectivity index (χ2n) is 9.20. The first kappa shape index (κ1) is 31.0. The van der Waals surface area contributed by atoms with Gasteiger partial charge >= 0.3 is 5.97 Å². The van der Waals surface area contributed by atoms with Crippen LogP contribution in [0.5, 0.6) is 17.2 Å². The first-order chi connectivity index (χ1) is 19.7. The molecule has 41 heavy (non-hydrogen) atoms. The number of aryl methyl sites for hydroxylation is 1. The summed E-state index contributed by atoms with van der Waals surface area (Å²) in [7, 11) is 6.24. The van der Waals surface area contributed by atoms with Crippen molar-refractivity contribution < 1.29 is 38.5 Å². The fraction of sp³-hybridized carbons (Fsp3) is 0.464. The molecule has 2 N–H and O–H groups in total. The van der Waals surface area contributed by atoms with Gasteiger partial charge in [0.25, 0.3) is 5.09 Å². The largest absolute Gasteiger partial charge is 0.493 e. The lowest BCUT2D eigenvalue weighted by molar-refractivity contribution is -0.757. The molecule has 1 aliphatic rings. The molecule has 222 valence electrons. The minimum absolute atomic E-state index is 0.0706. The molecule has 0 aromatic heterocycles. The summed E-state index contributed by atoms with van der Waals surface area (Å²) in [5, 5.41) is 15.2. The zero-order chi connectivity index (χ0) is 29.9. The van der Waals surface area contributed by atoms with Gasteiger partial charge in [0.15, 0.2) is 11.5 Å². The number of hydrogen-bond donors (Lipinski definition) is 2. The van der Waals surface area contributed by atoms with E-state index in [-0.39, 0.29) is 37.4 Å². The SMILES string of the molecule is CNc1ccc2c(cc1=O)[C@@H](NC(=O)CCC(=O)OCCCCO[N+](=O)[O-])CCc1cc(OC)c(OC)c(OC)c1-2. The van der Waals surface area contributed by atoms with Gasteiger partial charge in [-0.1, -0.05) is 6.07 Å². The van der Waals surface area contributed by atoms with Crippen LogP contribution in [0.15, 0.2) is 29.1 Å². The van der Waals surface area contributed by atoms with Crippen molar-refractivity contribution in [3.8, 4) is 28.4 Å². The maximum absolute atomic E-state index is 13.0. The Morgan fingerprint density at radius 3 is 2.41 bits per heavy atom. The summed E-state index contributed by atoms with van der Waals surface area (Å²) in [6.45, 7) is -0.00904. The van der Waals surface area contributed by atoms with Crippen LogP contribution >= 0.6 is 0 Å². The minimum atomic E-state index is -0.877. The number of carbonyl (C=O) groups excluding carboxylic acids is 2. The molecular formula is C28H35N3O10. The molecule has 1 atom stereocenters. The Morgan fingerprint density at radius 1 is 1.02 bits per heavy atom. The lowest BCUT2D eigenvalue weighted by Gasteiger charge is -2.20. The van der Waals surface area contributed by atoms with Crippen molar-refractivity contribution in [3.05, 3.63) is 55.7 Å². The van der Waals surface area contributed by atoms with E-state index >= 15 is 0 Å². The Bertz CT molecular complexity index is 1330. The zero-order valence-corrected chi connectivity index (χ0v) is 23.6. The first-order valence-corrected chi connectivity index (χ1v) is 13.1. The van der Waals surface area contributed by atoms with Crippen molar-refractivity contribution >= 4 is 17.6 Å². The van der Waals surface area contributed by atoms with Crippen molar-refractivity contribution in [1.82, 2.24) is 5.32 Å². The number of nitrogens with one attached hydrogen (secondary N) is 2. The highest BCUT2D eigenvalue weighted by Gasteiger charge is 2.29. The smallest absolute Gasteiger partial charge is 0.306 e. The molecule has 0 spiro atoms. The molecule has 0 radical (unpaired) electrons. The fourth-order valence-corrected chi connectivity index (χ4v) is 4.75. The fourth-order valence-electron chi connectivity index (χ4n) is 4.75. The Balaban J connectivity index is 1.82. The first-order valence-electron chi connectivity index (χ1n) is 13.1. The van der Waals surface area contributed by atoms with E-state index in [0.717, 1.165) is 11.1 Å². The normalized spacial score (nSPS) is 13.5. The number of amides is 1. The van der Waals surface area contributed by atoms with Crippen LogP contribution in [0, 0.1) is 10.1 Å². The van der Waals surface area contributed by atoms with Crippen LogP contribution in [-0.4, -0.2) is 58.6 Å². The number of esters is 1. The summed E-state index contributed by atoms with van der Waals surface area (Å²) in [4.78, 5) is 52.4. The van der Waals surface area contributed by atoms with E-state index in [4.69, 9.17) is 18.9 Å². The number of unbranched alkanes of at least 4 members (excludes halogenated alkanes) is 1. The van der Waals surface area contributed by atoms with Crippen LogP contribution in [0.2, 0.25) is 0 Å². The number of ether oxygens (including phenoxy) is 4. The van der Waals surface area contributed by atoms with E-state index in [0.29, 0.717) is 59.7 Å². The summed E-state index contributed by atoms with van der Waals surface area (Å²) in [6, 6.07) is 6.34. The number of benzene rings is 1. The highest BCUT2D eigenvalue weighted by molar-refractivity contribution is 5.85. The molecule has 1 aliphatic carbocycles. The van der Waals surface area contributed by atoms with Crippen molar-refractivity contribution in [2.24, 2.45) is 0 Å². The lowest BCUT2D eigenvalue weighted by Crippen LogP contribution is -2.29. The highest BCUT2D eigenvalue weighted by Crippen LogP contribution is 2.50. The van der Waals surface area contributed by atoms with E-state index in [2.05, 4.69) is 15.5 Å². The predicted molar refractivity (Wildman–Crippen MR) is 149 cm³/mol. The Labute approximate surface area is 237 Å². The molecule has 0 bridgehead atoms. The Hall–Kier alpha value is -4.55. The monoisotopic (exact) mass is 573 g/mol. The number of fused-ring (bicyclic) bond motifs is 3. The molecule has 0 saturated heterocycles. The summed E-state index contributed by atoms with van der Waals surface area (Å²) in [6.07, 6.45) is 1.50.